The molecule has 2 aromatic heterocycles. The third kappa shape index (κ3) is 4.26. The number of carbonyl (C=O) groups is 2. The van der Waals surface area contributed by atoms with Crippen molar-refractivity contribution in [1.29, 1.82) is 0 Å². The van der Waals surface area contributed by atoms with Crippen molar-refractivity contribution in [2.45, 2.75) is 40.5 Å². The first-order valence-electron chi connectivity index (χ1n) is 10.0. The zero-order valence-corrected chi connectivity index (χ0v) is 17.8. The Bertz CT molecular complexity index is 893. The Balaban J connectivity index is 1.78. The molecule has 0 spiro atoms. The molecule has 1 aliphatic heterocycles. The topological polar surface area (TPSA) is 91.4 Å². The van der Waals surface area contributed by atoms with Crippen molar-refractivity contribution >= 4 is 17.7 Å². The Labute approximate surface area is 171 Å². The van der Waals surface area contributed by atoms with Crippen LogP contribution in [0.3, 0.4) is 0 Å². The van der Waals surface area contributed by atoms with E-state index in [9.17, 15) is 9.59 Å². The van der Waals surface area contributed by atoms with E-state index < -0.39 is 5.97 Å². The molecule has 0 saturated carbocycles. The van der Waals surface area contributed by atoms with Gasteiger partial charge in [-0.2, -0.15) is 0 Å². The number of aromatic nitrogens is 3. The molecule has 1 N–H and O–H groups in total. The monoisotopic (exact) mass is 399 g/mol. The molecule has 8 heteroatoms. The van der Waals surface area contributed by atoms with Gasteiger partial charge in [0.05, 0.1) is 12.7 Å². The fraction of sp³-hybridized carbons (Fsp3) is 0.524. The fourth-order valence-electron chi connectivity index (χ4n) is 3.89. The zero-order chi connectivity index (χ0) is 21.1. The van der Waals surface area contributed by atoms with E-state index >= 15 is 0 Å². The molecule has 0 aromatic carbocycles. The Kier molecular flexibility index (Phi) is 6.20. The van der Waals surface area contributed by atoms with Gasteiger partial charge in [-0.05, 0) is 32.8 Å². The Hall–Kier alpha value is -2.90. The van der Waals surface area contributed by atoms with E-state index in [0.717, 1.165) is 29.3 Å². The lowest BCUT2D eigenvalue weighted by atomic mass is 10.0. The van der Waals surface area contributed by atoms with Crippen LogP contribution in [0, 0.1) is 20.8 Å². The van der Waals surface area contributed by atoms with E-state index in [1.54, 1.807) is 6.92 Å². The molecule has 0 radical (unpaired) electrons. The second-order valence-corrected chi connectivity index (χ2v) is 7.41. The van der Waals surface area contributed by atoms with Gasteiger partial charge in [0.1, 0.15) is 17.3 Å². The highest BCUT2D eigenvalue weighted by Gasteiger charge is 2.29. The summed E-state index contributed by atoms with van der Waals surface area (Å²) in [5.74, 6) is 1.18. The van der Waals surface area contributed by atoms with Crippen LogP contribution in [0.2, 0.25) is 0 Å². The number of carbonyl (C=O) groups excluding carboxylic acids is 2. The minimum absolute atomic E-state index is 0.0681. The number of anilines is 1. The lowest BCUT2D eigenvalue weighted by Crippen LogP contribution is -2.49. The Morgan fingerprint density at radius 2 is 1.83 bits per heavy atom. The highest BCUT2D eigenvalue weighted by Crippen LogP contribution is 2.24. The van der Waals surface area contributed by atoms with Crippen LogP contribution in [-0.2, 0) is 11.2 Å². The first-order valence-corrected chi connectivity index (χ1v) is 10.0. The molecule has 2 aromatic rings. The summed E-state index contributed by atoms with van der Waals surface area (Å²) < 4.78 is 4.92. The van der Waals surface area contributed by atoms with Gasteiger partial charge in [0.15, 0.2) is 0 Å². The fourth-order valence-corrected chi connectivity index (χ4v) is 3.89. The van der Waals surface area contributed by atoms with Crippen LogP contribution < -0.4 is 4.90 Å². The average molecular weight is 399 g/mol. The number of rotatable bonds is 5. The van der Waals surface area contributed by atoms with Crippen molar-refractivity contribution < 1.29 is 14.3 Å². The summed E-state index contributed by atoms with van der Waals surface area (Å²) in [6.45, 7) is 10.3. The third-order valence-electron chi connectivity index (χ3n) is 5.24. The number of hydrogen-bond acceptors (Lipinski definition) is 6. The maximum atomic E-state index is 13.2. The van der Waals surface area contributed by atoms with Crippen LogP contribution in [0.25, 0.3) is 0 Å². The number of hydrogen-bond donors (Lipinski definition) is 1. The molecule has 0 bridgehead atoms. The number of piperazine rings is 1. The van der Waals surface area contributed by atoms with Crippen molar-refractivity contribution in [3.63, 3.8) is 0 Å². The standard InChI is InChI=1S/C21H29N5O3/c1-6-7-16-18(21(28)29-5)14(3)23-19(16)20(27)26-10-8-25(9-11-26)17-12-13(2)22-15(4)24-17/h12,23H,6-11H2,1-5H3. The number of aryl methyl sites for hydroxylation is 3. The van der Waals surface area contributed by atoms with Gasteiger partial charge in [-0.15, -0.1) is 0 Å². The second kappa shape index (κ2) is 8.63. The molecule has 0 unspecified atom stereocenters. The van der Waals surface area contributed by atoms with E-state index in [2.05, 4.69) is 19.9 Å². The minimum atomic E-state index is -0.402. The molecule has 0 atom stereocenters. The molecule has 3 heterocycles. The van der Waals surface area contributed by atoms with Crippen LogP contribution in [-0.4, -0.2) is 65.0 Å². The van der Waals surface area contributed by atoms with Gasteiger partial charge in [-0.1, -0.05) is 13.3 Å². The highest BCUT2D eigenvalue weighted by molar-refractivity contribution is 6.00. The van der Waals surface area contributed by atoms with E-state index in [0.29, 0.717) is 49.6 Å². The number of H-pyrrole nitrogens is 1. The van der Waals surface area contributed by atoms with E-state index in [1.807, 2.05) is 31.7 Å². The normalized spacial score (nSPS) is 14.2. The van der Waals surface area contributed by atoms with Crippen LogP contribution in [0.4, 0.5) is 5.82 Å². The lowest BCUT2D eigenvalue weighted by Gasteiger charge is -2.35. The molecule has 1 aliphatic rings. The molecule has 1 fully saturated rings. The Morgan fingerprint density at radius 3 is 2.41 bits per heavy atom. The van der Waals surface area contributed by atoms with Crippen molar-refractivity contribution in [2.24, 2.45) is 0 Å². The van der Waals surface area contributed by atoms with Crippen molar-refractivity contribution in [3.8, 4) is 0 Å². The van der Waals surface area contributed by atoms with Gasteiger partial charge >= 0.3 is 5.97 Å². The summed E-state index contributed by atoms with van der Waals surface area (Å²) in [5.41, 5.74) is 3.36. The molecule has 0 aliphatic carbocycles. The van der Waals surface area contributed by atoms with Crippen LogP contribution >= 0.6 is 0 Å². The number of methoxy groups -OCH3 is 1. The van der Waals surface area contributed by atoms with Crippen LogP contribution in [0.1, 0.15) is 57.0 Å². The SMILES string of the molecule is CCCc1c(C(=O)N2CCN(c3cc(C)nc(C)n3)CC2)[nH]c(C)c1C(=O)OC. The predicted octanol–water partition coefficient (Wildman–Crippen LogP) is 2.43. The molecule has 1 amide bonds. The van der Waals surface area contributed by atoms with E-state index in [4.69, 9.17) is 4.74 Å². The lowest BCUT2D eigenvalue weighted by molar-refractivity contribution is 0.0599. The molecular formula is C21H29N5O3. The number of amides is 1. The van der Waals surface area contributed by atoms with Crippen molar-refractivity contribution in [3.05, 3.63) is 40.1 Å². The Morgan fingerprint density at radius 1 is 1.14 bits per heavy atom. The summed E-state index contributed by atoms with van der Waals surface area (Å²) in [6.07, 6.45) is 1.48. The average Bonchev–Trinajstić information content (AvgIpc) is 3.02. The van der Waals surface area contributed by atoms with E-state index in [-0.39, 0.29) is 5.91 Å². The van der Waals surface area contributed by atoms with Crippen molar-refractivity contribution in [1.82, 2.24) is 19.9 Å². The van der Waals surface area contributed by atoms with Crippen molar-refractivity contribution in [2.75, 3.05) is 38.2 Å². The molecule has 29 heavy (non-hydrogen) atoms. The molecule has 1 saturated heterocycles. The minimum Gasteiger partial charge on any atom is -0.465 e. The maximum absolute atomic E-state index is 13.2. The maximum Gasteiger partial charge on any atom is 0.339 e. The second-order valence-electron chi connectivity index (χ2n) is 7.41. The summed E-state index contributed by atoms with van der Waals surface area (Å²) in [7, 11) is 1.36. The molecule has 3 rings (SSSR count). The smallest absolute Gasteiger partial charge is 0.339 e. The zero-order valence-electron chi connectivity index (χ0n) is 17.8. The highest BCUT2D eigenvalue weighted by atomic mass is 16.5. The predicted molar refractivity (Wildman–Crippen MR) is 110 cm³/mol. The first kappa shape index (κ1) is 20.8. The van der Waals surface area contributed by atoms with Gasteiger partial charge in [0, 0.05) is 43.6 Å². The summed E-state index contributed by atoms with van der Waals surface area (Å²) >= 11 is 0. The number of aromatic amines is 1. The van der Waals surface area contributed by atoms with Gasteiger partial charge in [0.2, 0.25) is 0 Å². The summed E-state index contributed by atoms with van der Waals surface area (Å²) in [5, 5.41) is 0. The summed E-state index contributed by atoms with van der Waals surface area (Å²) in [4.78, 5) is 41.4. The van der Waals surface area contributed by atoms with Gasteiger partial charge in [0.25, 0.3) is 5.91 Å². The number of ether oxygens (including phenoxy) is 1. The largest absolute Gasteiger partial charge is 0.465 e. The van der Waals surface area contributed by atoms with Gasteiger partial charge in [-0.25, -0.2) is 14.8 Å². The first-order chi connectivity index (χ1) is 13.8. The van der Waals surface area contributed by atoms with Gasteiger partial charge in [-0.3, -0.25) is 4.79 Å². The number of esters is 1. The van der Waals surface area contributed by atoms with E-state index in [1.165, 1.54) is 7.11 Å². The molecule has 8 nitrogen and oxygen atoms in total. The summed E-state index contributed by atoms with van der Waals surface area (Å²) in [6, 6.07) is 1.97. The molecular weight excluding hydrogens is 370 g/mol. The van der Waals surface area contributed by atoms with Crippen LogP contribution in [0.15, 0.2) is 6.07 Å². The third-order valence-corrected chi connectivity index (χ3v) is 5.24. The van der Waals surface area contributed by atoms with Gasteiger partial charge < -0.3 is 19.5 Å². The van der Waals surface area contributed by atoms with Crippen LogP contribution in [0.5, 0.6) is 0 Å². The molecule has 156 valence electrons. The number of nitrogens with one attached hydrogen (secondary N) is 1. The number of nitrogens with zero attached hydrogens (tertiary/aromatic N) is 4. The quantitative estimate of drug-likeness (QED) is 0.777.